The molecule has 21 heavy (non-hydrogen) atoms. The number of rotatable bonds is 5. The molecule has 1 fully saturated rings. The van der Waals surface area contributed by atoms with E-state index in [1.165, 1.54) is 43.5 Å². The van der Waals surface area contributed by atoms with Crippen molar-refractivity contribution in [2.45, 2.75) is 38.5 Å². The molecule has 116 valence electrons. The Kier molecular flexibility index (Phi) is 4.73. The monoisotopic (exact) mass is 291 g/mol. The number of ether oxygens (including phenoxy) is 2. The van der Waals surface area contributed by atoms with Crippen LogP contribution >= 0.6 is 0 Å². The number of pyridine rings is 1. The molecule has 0 unspecified atom stereocenters. The Hall–Kier alpha value is -1.17. The summed E-state index contributed by atoms with van der Waals surface area (Å²) < 4.78 is 10.9. The highest BCUT2D eigenvalue weighted by molar-refractivity contribution is 5.49. The van der Waals surface area contributed by atoms with Gasteiger partial charge in [0.15, 0.2) is 0 Å². The Bertz CT molecular complexity index is 483. The summed E-state index contributed by atoms with van der Waals surface area (Å²) >= 11 is 0. The molecule has 3 heterocycles. The van der Waals surface area contributed by atoms with E-state index in [0.29, 0.717) is 0 Å². The van der Waals surface area contributed by atoms with Gasteiger partial charge >= 0.3 is 0 Å². The van der Waals surface area contributed by atoms with E-state index in [2.05, 4.69) is 16.3 Å². The molecule has 0 spiro atoms. The van der Waals surface area contributed by atoms with Crippen molar-refractivity contribution in [1.82, 2.24) is 9.88 Å². The van der Waals surface area contributed by atoms with Crippen molar-refractivity contribution in [3.05, 3.63) is 22.9 Å². The Morgan fingerprint density at radius 3 is 2.71 bits per heavy atom. The maximum Gasteiger partial charge on any atom is 0.200 e. The second-order valence-electron chi connectivity index (χ2n) is 5.86. The number of anilines is 1. The molecule has 0 aliphatic carbocycles. The smallest absolute Gasteiger partial charge is 0.200 e. The first-order valence-corrected chi connectivity index (χ1v) is 7.86. The van der Waals surface area contributed by atoms with E-state index in [-0.39, 0.29) is 0 Å². The topological polar surface area (TPSA) is 46.6 Å². The van der Waals surface area contributed by atoms with Gasteiger partial charge in [0, 0.05) is 27.3 Å². The van der Waals surface area contributed by atoms with Crippen molar-refractivity contribution in [2.75, 3.05) is 39.2 Å². The van der Waals surface area contributed by atoms with Crippen molar-refractivity contribution in [1.29, 1.82) is 0 Å². The van der Waals surface area contributed by atoms with Crippen molar-refractivity contribution in [2.24, 2.45) is 0 Å². The van der Waals surface area contributed by atoms with Crippen LogP contribution in [0.4, 0.5) is 5.82 Å². The third kappa shape index (κ3) is 3.20. The largest absolute Gasteiger partial charge is 0.370 e. The SMILES string of the molecule is COC(OC)c1nc2c(cc1CN1CCCC1)CCCN2. The lowest BCUT2D eigenvalue weighted by molar-refractivity contribution is -0.109. The van der Waals surface area contributed by atoms with Crippen LogP contribution in [0.3, 0.4) is 0 Å². The fourth-order valence-corrected chi connectivity index (χ4v) is 3.28. The molecule has 5 nitrogen and oxygen atoms in total. The van der Waals surface area contributed by atoms with Gasteiger partial charge in [0.05, 0.1) is 0 Å². The summed E-state index contributed by atoms with van der Waals surface area (Å²) in [6.45, 7) is 4.30. The maximum atomic E-state index is 5.45. The lowest BCUT2D eigenvalue weighted by Gasteiger charge is -2.25. The molecule has 3 rings (SSSR count). The number of nitrogens with one attached hydrogen (secondary N) is 1. The van der Waals surface area contributed by atoms with Crippen LogP contribution in [0.2, 0.25) is 0 Å². The second kappa shape index (κ2) is 6.73. The predicted octanol–water partition coefficient (Wildman–Crippen LogP) is 2.33. The van der Waals surface area contributed by atoms with Gasteiger partial charge < -0.3 is 14.8 Å². The summed E-state index contributed by atoms with van der Waals surface area (Å²) in [5, 5.41) is 3.39. The van der Waals surface area contributed by atoms with E-state index in [0.717, 1.165) is 31.0 Å². The van der Waals surface area contributed by atoms with E-state index in [9.17, 15) is 0 Å². The number of hydrogen-bond acceptors (Lipinski definition) is 5. The summed E-state index contributed by atoms with van der Waals surface area (Å²) in [6, 6.07) is 2.30. The molecule has 1 N–H and O–H groups in total. The molecule has 0 aromatic carbocycles. The van der Waals surface area contributed by atoms with Gasteiger partial charge in [0.2, 0.25) is 6.29 Å². The molecule has 0 amide bonds. The lowest BCUT2D eigenvalue weighted by atomic mass is 10.0. The average Bonchev–Trinajstić information content (AvgIpc) is 3.02. The van der Waals surface area contributed by atoms with Gasteiger partial charge in [0.1, 0.15) is 11.5 Å². The second-order valence-corrected chi connectivity index (χ2v) is 5.86. The number of likely N-dealkylation sites (tertiary alicyclic amines) is 1. The highest BCUT2D eigenvalue weighted by Crippen LogP contribution is 2.29. The van der Waals surface area contributed by atoms with E-state index in [1.807, 2.05) is 0 Å². The molecule has 0 radical (unpaired) electrons. The van der Waals surface area contributed by atoms with Gasteiger partial charge in [-0.05, 0) is 56.0 Å². The van der Waals surface area contributed by atoms with E-state index >= 15 is 0 Å². The summed E-state index contributed by atoms with van der Waals surface area (Å²) in [7, 11) is 3.34. The van der Waals surface area contributed by atoms with Gasteiger partial charge in [-0.2, -0.15) is 0 Å². The summed E-state index contributed by atoms with van der Waals surface area (Å²) in [6.07, 6.45) is 4.49. The van der Waals surface area contributed by atoms with Crippen molar-refractivity contribution >= 4 is 5.82 Å². The predicted molar refractivity (Wildman–Crippen MR) is 82.3 cm³/mol. The van der Waals surface area contributed by atoms with Crippen LogP contribution in [0.25, 0.3) is 0 Å². The van der Waals surface area contributed by atoms with E-state index in [1.54, 1.807) is 14.2 Å². The number of aryl methyl sites for hydroxylation is 1. The van der Waals surface area contributed by atoms with E-state index < -0.39 is 6.29 Å². The minimum Gasteiger partial charge on any atom is -0.370 e. The third-order valence-corrected chi connectivity index (χ3v) is 4.37. The van der Waals surface area contributed by atoms with Crippen LogP contribution in [0.15, 0.2) is 6.07 Å². The zero-order chi connectivity index (χ0) is 14.7. The van der Waals surface area contributed by atoms with Crippen LogP contribution < -0.4 is 5.32 Å². The highest BCUT2D eigenvalue weighted by Gasteiger charge is 2.23. The molecule has 0 atom stereocenters. The molecular weight excluding hydrogens is 266 g/mol. The van der Waals surface area contributed by atoms with Crippen molar-refractivity contribution in [3.8, 4) is 0 Å². The van der Waals surface area contributed by atoms with Crippen LogP contribution in [-0.2, 0) is 22.4 Å². The van der Waals surface area contributed by atoms with Crippen LogP contribution in [0.1, 0.15) is 42.4 Å². The average molecular weight is 291 g/mol. The van der Waals surface area contributed by atoms with Gasteiger partial charge in [-0.15, -0.1) is 0 Å². The van der Waals surface area contributed by atoms with Gasteiger partial charge in [-0.3, -0.25) is 4.90 Å². The summed E-state index contributed by atoms with van der Waals surface area (Å²) in [5.41, 5.74) is 3.48. The number of aromatic nitrogens is 1. The minimum absolute atomic E-state index is 0.392. The maximum absolute atomic E-state index is 5.45. The molecule has 1 aromatic rings. The standard InChI is InChI=1S/C16H25N3O2/c1-20-16(21-2)14-13(11-19-8-3-4-9-19)10-12-6-5-7-17-15(12)18-14/h10,16H,3-9,11H2,1-2H3,(H,17,18). The molecule has 2 aliphatic rings. The fraction of sp³-hybridized carbons (Fsp3) is 0.688. The lowest BCUT2D eigenvalue weighted by Crippen LogP contribution is -2.23. The third-order valence-electron chi connectivity index (χ3n) is 4.37. The molecule has 2 aliphatic heterocycles. The fourth-order valence-electron chi connectivity index (χ4n) is 3.28. The Morgan fingerprint density at radius 2 is 2.00 bits per heavy atom. The van der Waals surface area contributed by atoms with Crippen LogP contribution in [0.5, 0.6) is 0 Å². The Balaban J connectivity index is 1.93. The highest BCUT2D eigenvalue weighted by atomic mass is 16.7. The van der Waals surface area contributed by atoms with Gasteiger partial charge in [0.25, 0.3) is 0 Å². The molecule has 1 aromatic heterocycles. The Labute approximate surface area is 126 Å². The normalized spacial score (nSPS) is 18.8. The van der Waals surface area contributed by atoms with Gasteiger partial charge in [-0.25, -0.2) is 4.98 Å². The minimum atomic E-state index is -0.392. The first-order valence-electron chi connectivity index (χ1n) is 7.86. The summed E-state index contributed by atoms with van der Waals surface area (Å²) in [5.74, 6) is 1.00. The summed E-state index contributed by atoms with van der Waals surface area (Å²) in [4.78, 5) is 7.30. The molecule has 1 saturated heterocycles. The van der Waals surface area contributed by atoms with E-state index in [4.69, 9.17) is 14.5 Å². The number of nitrogens with zero attached hydrogens (tertiary/aromatic N) is 2. The Morgan fingerprint density at radius 1 is 1.24 bits per heavy atom. The molecule has 0 bridgehead atoms. The first kappa shape index (κ1) is 14.8. The quantitative estimate of drug-likeness (QED) is 0.844. The molecule has 5 heteroatoms. The van der Waals surface area contributed by atoms with Crippen LogP contribution in [0, 0.1) is 0 Å². The van der Waals surface area contributed by atoms with Gasteiger partial charge in [-0.1, -0.05) is 0 Å². The number of hydrogen-bond donors (Lipinski definition) is 1. The molecule has 0 saturated carbocycles. The zero-order valence-electron chi connectivity index (χ0n) is 13.0. The van der Waals surface area contributed by atoms with Crippen molar-refractivity contribution < 1.29 is 9.47 Å². The van der Waals surface area contributed by atoms with Crippen molar-refractivity contribution in [3.63, 3.8) is 0 Å². The van der Waals surface area contributed by atoms with Crippen LogP contribution in [-0.4, -0.2) is 43.7 Å². The molecular formula is C16H25N3O2. The zero-order valence-corrected chi connectivity index (χ0v) is 13.0. The number of methoxy groups -OCH3 is 2. The first-order chi connectivity index (χ1) is 10.3. The number of fused-ring (bicyclic) bond motifs is 1.